The van der Waals surface area contributed by atoms with Crippen molar-refractivity contribution < 1.29 is 0 Å². The van der Waals surface area contributed by atoms with Crippen molar-refractivity contribution in [2.75, 3.05) is 0 Å². The molecule has 1 aromatic carbocycles. The lowest BCUT2D eigenvalue weighted by molar-refractivity contribution is 0.0834. The Morgan fingerprint density at radius 2 is 1.79 bits per heavy atom. The lowest BCUT2D eigenvalue weighted by Gasteiger charge is -2.49. The summed E-state index contributed by atoms with van der Waals surface area (Å²) in [6.45, 7) is 7.22. The molecule has 0 amide bonds. The maximum absolute atomic E-state index is 6.03. The summed E-state index contributed by atoms with van der Waals surface area (Å²) < 4.78 is 0. The topological polar surface area (TPSA) is 0 Å². The van der Waals surface area contributed by atoms with E-state index >= 15 is 0 Å². The van der Waals surface area contributed by atoms with E-state index in [1.54, 1.807) is 5.57 Å². The lowest BCUT2D eigenvalue weighted by atomic mass is 9.55. The zero-order chi connectivity index (χ0) is 13.6. The first-order valence-electron chi connectivity index (χ1n) is 7.39. The minimum atomic E-state index is 0.456. The van der Waals surface area contributed by atoms with Crippen LogP contribution in [0.25, 0.3) is 0 Å². The van der Waals surface area contributed by atoms with Crippen molar-refractivity contribution in [2.24, 2.45) is 17.3 Å². The van der Waals surface area contributed by atoms with Gasteiger partial charge in [-0.3, -0.25) is 0 Å². The van der Waals surface area contributed by atoms with Gasteiger partial charge in [0.1, 0.15) is 0 Å². The van der Waals surface area contributed by atoms with Gasteiger partial charge in [0, 0.05) is 5.02 Å². The van der Waals surface area contributed by atoms with Crippen LogP contribution in [0.1, 0.15) is 51.5 Å². The summed E-state index contributed by atoms with van der Waals surface area (Å²) >= 11 is 6.03. The van der Waals surface area contributed by atoms with E-state index in [-0.39, 0.29) is 0 Å². The van der Waals surface area contributed by atoms with E-state index in [4.69, 9.17) is 11.6 Å². The summed E-state index contributed by atoms with van der Waals surface area (Å²) in [5, 5.41) is 0.840. The van der Waals surface area contributed by atoms with Crippen LogP contribution >= 0.6 is 11.6 Å². The predicted molar refractivity (Wildman–Crippen MR) is 82.6 cm³/mol. The molecule has 0 radical (unpaired) electrons. The molecule has 0 nitrogen and oxygen atoms in total. The first kappa shape index (κ1) is 13.2. The van der Waals surface area contributed by atoms with Crippen LogP contribution in [0.4, 0.5) is 0 Å². The molecule has 2 aliphatic rings. The van der Waals surface area contributed by atoms with Gasteiger partial charge < -0.3 is 0 Å². The van der Waals surface area contributed by atoms with Gasteiger partial charge in [-0.2, -0.15) is 0 Å². The Bertz CT molecular complexity index is 495. The molecule has 1 fully saturated rings. The predicted octanol–water partition coefficient (Wildman–Crippen LogP) is 5.83. The number of halogens is 1. The standard InChI is InChI=1S/C18H23Cl/c1-12-4-7-14-10-16(12)17(11-18(14,2)3)13-5-8-15(19)9-6-13/h4-6,8-9,14,16-17H,7,10-11H2,1-3H3/t14-,16-,17-/m0/s1. The fourth-order valence-corrected chi connectivity index (χ4v) is 4.25. The molecule has 0 aromatic heterocycles. The highest BCUT2D eigenvalue weighted by atomic mass is 35.5. The zero-order valence-electron chi connectivity index (χ0n) is 12.1. The van der Waals surface area contributed by atoms with E-state index in [2.05, 4.69) is 39.0 Å². The molecule has 1 heteroatoms. The third-order valence-corrected chi connectivity index (χ3v) is 5.73. The molecule has 3 rings (SSSR count). The number of benzene rings is 1. The molecule has 1 aromatic rings. The van der Waals surface area contributed by atoms with Crippen LogP contribution in [0.5, 0.6) is 0 Å². The van der Waals surface area contributed by atoms with Crippen molar-refractivity contribution in [3.8, 4) is 0 Å². The average Bonchev–Trinajstić information content (AvgIpc) is 2.37. The van der Waals surface area contributed by atoms with Crippen LogP contribution in [0.3, 0.4) is 0 Å². The van der Waals surface area contributed by atoms with Crippen molar-refractivity contribution in [3.05, 3.63) is 46.5 Å². The summed E-state index contributed by atoms with van der Waals surface area (Å²) in [4.78, 5) is 0. The second kappa shape index (κ2) is 4.66. The second-order valence-corrected chi connectivity index (χ2v) is 7.51. The summed E-state index contributed by atoms with van der Waals surface area (Å²) in [7, 11) is 0. The van der Waals surface area contributed by atoms with Gasteiger partial charge in [-0.15, -0.1) is 0 Å². The van der Waals surface area contributed by atoms with Crippen LogP contribution in [-0.4, -0.2) is 0 Å². The van der Waals surface area contributed by atoms with Gasteiger partial charge in [0.15, 0.2) is 0 Å². The fourth-order valence-electron chi connectivity index (χ4n) is 4.12. The molecule has 0 N–H and O–H groups in total. The van der Waals surface area contributed by atoms with E-state index in [1.165, 1.54) is 24.8 Å². The maximum Gasteiger partial charge on any atom is 0.0406 e. The minimum absolute atomic E-state index is 0.456. The average molecular weight is 275 g/mol. The molecule has 0 spiro atoms. The molecule has 102 valence electrons. The van der Waals surface area contributed by atoms with Gasteiger partial charge in [-0.25, -0.2) is 0 Å². The quantitative estimate of drug-likeness (QED) is 0.566. The molecular weight excluding hydrogens is 252 g/mol. The van der Waals surface area contributed by atoms with E-state index in [0.29, 0.717) is 11.3 Å². The van der Waals surface area contributed by atoms with Crippen LogP contribution in [0.2, 0.25) is 5.02 Å². The maximum atomic E-state index is 6.03. The molecule has 19 heavy (non-hydrogen) atoms. The van der Waals surface area contributed by atoms with E-state index in [1.807, 2.05) is 12.1 Å². The Morgan fingerprint density at radius 1 is 1.11 bits per heavy atom. The number of fused-ring (bicyclic) bond motifs is 2. The Kier molecular flexibility index (Phi) is 3.25. The van der Waals surface area contributed by atoms with E-state index in [9.17, 15) is 0 Å². The largest absolute Gasteiger partial charge is 0.0850 e. The molecule has 0 heterocycles. The third kappa shape index (κ3) is 2.36. The lowest BCUT2D eigenvalue weighted by Crippen LogP contribution is -2.38. The monoisotopic (exact) mass is 274 g/mol. The van der Waals surface area contributed by atoms with Gasteiger partial charge in [-0.05, 0) is 67.1 Å². The van der Waals surface area contributed by atoms with Gasteiger partial charge in [0.2, 0.25) is 0 Å². The van der Waals surface area contributed by atoms with Crippen molar-refractivity contribution in [1.82, 2.24) is 0 Å². The van der Waals surface area contributed by atoms with Crippen LogP contribution in [0, 0.1) is 17.3 Å². The highest BCUT2D eigenvalue weighted by Crippen LogP contribution is 2.55. The SMILES string of the molecule is CC1=CC[C@H]2C[C@@H]1[C@H](c1ccc(Cl)cc1)CC2(C)C. The molecular formula is C18H23Cl. The Balaban J connectivity index is 1.97. The van der Waals surface area contributed by atoms with Gasteiger partial charge in [0.25, 0.3) is 0 Å². The molecule has 0 saturated heterocycles. The first-order chi connectivity index (χ1) is 8.97. The number of hydrogen-bond donors (Lipinski definition) is 0. The summed E-state index contributed by atoms with van der Waals surface area (Å²) in [5.74, 6) is 2.28. The Hall–Kier alpha value is -0.750. The van der Waals surface area contributed by atoms with Crippen molar-refractivity contribution in [3.63, 3.8) is 0 Å². The van der Waals surface area contributed by atoms with Gasteiger partial charge in [0.05, 0.1) is 0 Å². The zero-order valence-corrected chi connectivity index (χ0v) is 12.9. The highest BCUT2D eigenvalue weighted by molar-refractivity contribution is 6.30. The van der Waals surface area contributed by atoms with E-state index in [0.717, 1.165) is 16.9 Å². The van der Waals surface area contributed by atoms with Crippen molar-refractivity contribution in [1.29, 1.82) is 0 Å². The first-order valence-corrected chi connectivity index (χ1v) is 7.77. The summed E-state index contributed by atoms with van der Waals surface area (Å²) in [6.07, 6.45) is 6.43. The highest BCUT2D eigenvalue weighted by Gasteiger charge is 2.44. The molecule has 3 atom stereocenters. The normalized spacial score (nSPS) is 32.8. The fraction of sp³-hybridized carbons (Fsp3) is 0.556. The van der Waals surface area contributed by atoms with Gasteiger partial charge in [-0.1, -0.05) is 49.2 Å². The minimum Gasteiger partial charge on any atom is -0.0850 e. The number of hydrogen-bond acceptors (Lipinski definition) is 0. The Labute approximate surface area is 121 Å². The summed E-state index contributed by atoms with van der Waals surface area (Å²) in [6, 6.07) is 8.53. The molecule has 0 unspecified atom stereocenters. The molecule has 1 saturated carbocycles. The van der Waals surface area contributed by atoms with E-state index < -0.39 is 0 Å². The molecule has 2 aliphatic carbocycles. The molecule has 2 bridgehead atoms. The van der Waals surface area contributed by atoms with Crippen molar-refractivity contribution in [2.45, 2.75) is 46.0 Å². The third-order valence-electron chi connectivity index (χ3n) is 5.48. The number of rotatable bonds is 1. The number of allylic oxidation sites excluding steroid dienone is 2. The van der Waals surface area contributed by atoms with Crippen LogP contribution in [-0.2, 0) is 0 Å². The molecule has 0 aliphatic heterocycles. The smallest absolute Gasteiger partial charge is 0.0406 e. The van der Waals surface area contributed by atoms with Gasteiger partial charge >= 0.3 is 0 Å². The summed E-state index contributed by atoms with van der Waals surface area (Å²) in [5.41, 5.74) is 3.53. The van der Waals surface area contributed by atoms with Crippen LogP contribution in [0.15, 0.2) is 35.9 Å². The second-order valence-electron chi connectivity index (χ2n) is 7.07. The Morgan fingerprint density at radius 3 is 2.47 bits per heavy atom. The van der Waals surface area contributed by atoms with Crippen LogP contribution < -0.4 is 0 Å². The van der Waals surface area contributed by atoms with Crippen molar-refractivity contribution >= 4 is 11.6 Å².